The Morgan fingerprint density at radius 1 is 1.16 bits per heavy atom. The minimum Gasteiger partial charge on any atom is -0.383 e. The first-order valence-electron chi connectivity index (χ1n) is 7.78. The van der Waals surface area contributed by atoms with E-state index in [0.29, 0.717) is 28.3 Å². The van der Waals surface area contributed by atoms with Gasteiger partial charge in [-0.25, -0.2) is 15.0 Å². The van der Waals surface area contributed by atoms with Crippen molar-refractivity contribution in [3.8, 4) is 28.5 Å². The molecule has 0 saturated carbocycles. The number of hydrogen-bond acceptors (Lipinski definition) is 7. The highest BCUT2D eigenvalue weighted by molar-refractivity contribution is 5.79. The largest absolute Gasteiger partial charge is 0.383 e. The van der Waals surface area contributed by atoms with Gasteiger partial charge in [0.2, 0.25) is 5.95 Å². The van der Waals surface area contributed by atoms with Crippen molar-refractivity contribution in [2.24, 2.45) is 0 Å². The van der Waals surface area contributed by atoms with E-state index < -0.39 is 0 Å². The molecule has 124 valence electrons. The molecule has 0 spiro atoms. The summed E-state index contributed by atoms with van der Waals surface area (Å²) in [7, 11) is 0. The van der Waals surface area contributed by atoms with E-state index in [1.165, 1.54) is 0 Å². The van der Waals surface area contributed by atoms with Crippen LogP contribution in [0.3, 0.4) is 0 Å². The molecule has 0 aliphatic heterocycles. The van der Waals surface area contributed by atoms with E-state index in [0.717, 1.165) is 5.56 Å². The van der Waals surface area contributed by atoms with Crippen molar-refractivity contribution in [3.63, 3.8) is 0 Å². The van der Waals surface area contributed by atoms with E-state index in [2.05, 4.69) is 31.3 Å². The first-order chi connectivity index (χ1) is 12.1. The molecule has 0 aliphatic rings. The third-order valence-corrected chi connectivity index (χ3v) is 3.50. The topological polar surface area (TPSA) is 113 Å². The Labute approximate surface area is 145 Å². The predicted octanol–water partition coefficient (Wildman–Crippen LogP) is 2.87. The molecule has 7 nitrogen and oxygen atoms in total. The summed E-state index contributed by atoms with van der Waals surface area (Å²) < 4.78 is 0. The summed E-state index contributed by atoms with van der Waals surface area (Å²) in [5, 5.41) is 12.6. The van der Waals surface area contributed by atoms with E-state index in [9.17, 15) is 5.26 Å². The number of pyridine rings is 2. The number of nitriles is 1. The maximum atomic E-state index is 9.46. The average molecular weight is 331 g/mol. The fourth-order valence-electron chi connectivity index (χ4n) is 2.37. The van der Waals surface area contributed by atoms with Crippen molar-refractivity contribution < 1.29 is 0 Å². The second kappa shape index (κ2) is 6.93. The smallest absolute Gasteiger partial charge is 0.222 e. The number of nitrogens with one attached hydrogen (secondary N) is 1. The number of rotatable bonds is 4. The highest BCUT2D eigenvalue weighted by Gasteiger charge is 2.14. The number of nitrogen functional groups attached to an aromatic ring is 1. The molecule has 0 fully saturated rings. The van der Waals surface area contributed by atoms with Gasteiger partial charge in [0.15, 0.2) is 0 Å². The molecule has 3 rings (SSSR count). The van der Waals surface area contributed by atoms with Gasteiger partial charge in [-0.3, -0.25) is 4.98 Å². The standard InChI is InChI=1S/C18H17N7/c1-11(2)24-18-22-9-13(10-23-18)14-6-16(12-4-3-5-21-8-12)25-17(20)15(14)7-19/h3-6,8-11H,1-2H3,(H2,20,25)(H,22,23,24). The molecule has 3 heterocycles. The fraction of sp³-hybridized carbons (Fsp3) is 0.167. The highest BCUT2D eigenvalue weighted by atomic mass is 15.1. The van der Waals surface area contributed by atoms with Gasteiger partial charge >= 0.3 is 0 Å². The quantitative estimate of drug-likeness (QED) is 0.755. The first kappa shape index (κ1) is 16.3. The zero-order valence-electron chi connectivity index (χ0n) is 13.9. The summed E-state index contributed by atoms with van der Waals surface area (Å²) in [6.07, 6.45) is 6.72. The van der Waals surface area contributed by atoms with E-state index in [1.54, 1.807) is 30.9 Å². The average Bonchev–Trinajstić information content (AvgIpc) is 2.62. The van der Waals surface area contributed by atoms with Crippen LogP contribution >= 0.6 is 0 Å². The van der Waals surface area contributed by atoms with Crippen LogP contribution in [-0.2, 0) is 0 Å². The van der Waals surface area contributed by atoms with Gasteiger partial charge in [0.05, 0.1) is 5.69 Å². The van der Waals surface area contributed by atoms with Gasteiger partial charge in [-0.1, -0.05) is 0 Å². The normalized spacial score (nSPS) is 10.5. The number of anilines is 2. The molecule has 0 saturated heterocycles. The van der Waals surface area contributed by atoms with Crippen LogP contribution in [0.1, 0.15) is 19.4 Å². The molecule has 0 aliphatic carbocycles. The summed E-state index contributed by atoms with van der Waals surface area (Å²) in [4.78, 5) is 17.0. The van der Waals surface area contributed by atoms with Crippen LogP contribution in [-0.4, -0.2) is 26.0 Å². The molecule has 0 amide bonds. The van der Waals surface area contributed by atoms with Crippen molar-refractivity contribution in [2.75, 3.05) is 11.1 Å². The van der Waals surface area contributed by atoms with Crippen molar-refractivity contribution in [2.45, 2.75) is 19.9 Å². The molecule has 25 heavy (non-hydrogen) atoms. The molecule has 3 N–H and O–H groups in total. The lowest BCUT2D eigenvalue weighted by molar-refractivity contribution is 0.874. The molecular formula is C18H17N7. The van der Waals surface area contributed by atoms with Crippen molar-refractivity contribution >= 4 is 11.8 Å². The Morgan fingerprint density at radius 2 is 1.92 bits per heavy atom. The zero-order valence-corrected chi connectivity index (χ0v) is 13.9. The van der Waals surface area contributed by atoms with Crippen LogP contribution in [0.4, 0.5) is 11.8 Å². The molecular weight excluding hydrogens is 314 g/mol. The Morgan fingerprint density at radius 3 is 2.52 bits per heavy atom. The number of nitrogens with zero attached hydrogens (tertiary/aromatic N) is 5. The zero-order chi connectivity index (χ0) is 17.8. The Balaban J connectivity index is 2.08. The van der Waals surface area contributed by atoms with E-state index in [-0.39, 0.29) is 11.9 Å². The second-order valence-corrected chi connectivity index (χ2v) is 5.76. The van der Waals surface area contributed by atoms with Crippen molar-refractivity contribution in [3.05, 3.63) is 48.5 Å². The number of aromatic nitrogens is 4. The van der Waals surface area contributed by atoms with Crippen LogP contribution in [0.2, 0.25) is 0 Å². The Bertz CT molecular complexity index is 913. The molecule has 3 aromatic rings. The van der Waals surface area contributed by atoms with E-state index in [1.807, 2.05) is 26.0 Å². The van der Waals surface area contributed by atoms with Gasteiger partial charge in [0.25, 0.3) is 0 Å². The van der Waals surface area contributed by atoms with Gasteiger partial charge in [-0.05, 0) is 32.0 Å². The predicted molar refractivity (Wildman–Crippen MR) is 96.4 cm³/mol. The minimum atomic E-state index is 0.170. The lowest BCUT2D eigenvalue weighted by atomic mass is 10.0. The number of nitrogens with two attached hydrogens (primary N) is 1. The summed E-state index contributed by atoms with van der Waals surface area (Å²) in [6.45, 7) is 4.02. The van der Waals surface area contributed by atoms with Crippen LogP contribution in [0.25, 0.3) is 22.4 Å². The molecule has 0 atom stereocenters. The van der Waals surface area contributed by atoms with E-state index >= 15 is 0 Å². The van der Waals surface area contributed by atoms with E-state index in [4.69, 9.17) is 5.73 Å². The SMILES string of the molecule is CC(C)Nc1ncc(-c2cc(-c3cccnc3)nc(N)c2C#N)cn1. The third-order valence-electron chi connectivity index (χ3n) is 3.50. The van der Waals surface area contributed by atoms with Gasteiger partial charge < -0.3 is 11.1 Å². The molecule has 0 aromatic carbocycles. The molecule has 0 bridgehead atoms. The molecule has 7 heteroatoms. The van der Waals surface area contributed by atoms with Gasteiger partial charge in [-0.15, -0.1) is 0 Å². The minimum absolute atomic E-state index is 0.170. The highest BCUT2D eigenvalue weighted by Crippen LogP contribution is 2.30. The van der Waals surface area contributed by atoms with Crippen LogP contribution < -0.4 is 11.1 Å². The summed E-state index contributed by atoms with van der Waals surface area (Å²) >= 11 is 0. The lowest BCUT2D eigenvalue weighted by Gasteiger charge is -2.11. The van der Waals surface area contributed by atoms with Crippen LogP contribution in [0.15, 0.2) is 43.0 Å². The van der Waals surface area contributed by atoms with Crippen molar-refractivity contribution in [1.29, 1.82) is 5.26 Å². The summed E-state index contributed by atoms with van der Waals surface area (Å²) in [6, 6.07) is 7.86. The Hall–Kier alpha value is -3.53. The second-order valence-electron chi connectivity index (χ2n) is 5.76. The van der Waals surface area contributed by atoms with Gasteiger partial charge in [0, 0.05) is 47.5 Å². The lowest BCUT2D eigenvalue weighted by Crippen LogP contribution is -2.12. The van der Waals surface area contributed by atoms with Crippen LogP contribution in [0, 0.1) is 11.3 Å². The van der Waals surface area contributed by atoms with Crippen LogP contribution in [0.5, 0.6) is 0 Å². The van der Waals surface area contributed by atoms with Crippen molar-refractivity contribution in [1.82, 2.24) is 19.9 Å². The third kappa shape index (κ3) is 3.53. The van der Waals surface area contributed by atoms with Gasteiger partial charge in [-0.2, -0.15) is 5.26 Å². The molecule has 0 unspecified atom stereocenters. The number of hydrogen-bond donors (Lipinski definition) is 2. The maximum absolute atomic E-state index is 9.46. The fourth-order valence-corrected chi connectivity index (χ4v) is 2.37. The monoisotopic (exact) mass is 331 g/mol. The first-order valence-corrected chi connectivity index (χ1v) is 7.78. The molecule has 3 aromatic heterocycles. The Kier molecular flexibility index (Phi) is 4.53. The summed E-state index contributed by atoms with van der Waals surface area (Å²) in [5.41, 5.74) is 9.11. The van der Waals surface area contributed by atoms with Gasteiger partial charge in [0.1, 0.15) is 17.5 Å². The maximum Gasteiger partial charge on any atom is 0.222 e. The molecule has 0 radical (unpaired) electrons. The summed E-state index contributed by atoms with van der Waals surface area (Å²) in [5.74, 6) is 0.704.